The number of fused-ring (bicyclic) bond motifs is 4. The molecule has 0 aromatic heterocycles. The predicted molar refractivity (Wildman–Crippen MR) is 212 cm³/mol. The van der Waals surface area contributed by atoms with Crippen LogP contribution in [0, 0.1) is 0 Å². The number of carbonyl (C=O) groups is 7. The third kappa shape index (κ3) is 17.4. The van der Waals surface area contributed by atoms with Crippen molar-refractivity contribution >= 4 is 84.5 Å². The molecule has 7 fully saturated rings. The van der Waals surface area contributed by atoms with Crippen molar-refractivity contribution in [1.82, 2.24) is 19.9 Å². The zero-order valence-corrected chi connectivity index (χ0v) is 38.2. The van der Waals surface area contributed by atoms with Gasteiger partial charge in [-0.1, -0.05) is 0 Å². The third-order valence-electron chi connectivity index (χ3n) is 10.3. The number of hydrogen-bond donors (Lipinski definition) is 4. The van der Waals surface area contributed by atoms with Crippen molar-refractivity contribution in [3.63, 3.8) is 0 Å². The lowest BCUT2D eigenvalue weighted by Gasteiger charge is -2.28. The van der Waals surface area contributed by atoms with E-state index in [9.17, 15) is 65.1 Å². The van der Waals surface area contributed by atoms with Gasteiger partial charge < -0.3 is 50.1 Å². The molecule has 4 atom stereocenters. The minimum atomic E-state index is -4.31. The van der Waals surface area contributed by atoms with Crippen LogP contribution < -0.4 is 11.5 Å². The lowest BCUT2D eigenvalue weighted by Crippen LogP contribution is -2.48. The van der Waals surface area contributed by atoms with E-state index in [1.54, 1.807) is 15.9 Å². The Morgan fingerprint density at radius 3 is 1.40 bits per heavy atom. The van der Waals surface area contributed by atoms with Gasteiger partial charge >= 0.3 is 45.0 Å². The number of rotatable bonds is 9. The topological polar surface area (TPSA) is 280 Å². The van der Waals surface area contributed by atoms with Crippen molar-refractivity contribution in [2.24, 2.45) is 11.5 Å². The first-order valence-electron chi connectivity index (χ1n) is 19.9. The van der Waals surface area contributed by atoms with E-state index in [0.29, 0.717) is 81.6 Å². The van der Waals surface area contributed by atoms with Gasteiger partial charge in [-0.25, -0.2) is 24.2 Å². The predicted octanol–water partition coefficient (Wildman–Crippen LogP) is 2.71. The molecule has 372 valence electrons. The van der Waals surface area contributed by atoms with Gasteiger partial charge in [0.1, 0.15) is 24.3 Å². The number of hydrogen-bond acceptors (Lipinski definition) is 15. The smallest absolute Gasteiger partial charge is 0.457 e. The molecule has 0 aromatic carbocycles. The van der Waals surface area contributed by atoms with Gasteiger partial charge in [0.15, 0.2) is 0 Å². The van der Waals surface area contributed by atoms with Crippen molar-refractivity contribution < 1.29 is 98.7 Å². The summed E-state index contributed by atoms with van der Waals surface area (Å²) in [5.74, 6) is -4.59. The van der Waals surface area contributed by atoms with Crippen LogP contribution in [-0.4, -0.2) is 182 Å². The molecule has 6 amide bonds. The number of carbonyl (C=O) groups excluding carboxylic acids is 7. The average molecular weight is 1100 g/mol. The van der Waals surface area contributed by atoms with Crippen LogP contribution in [0.25, 0.3) is 0 Å². The molecule has 7 aliphatic heterocycles. The third-order valence-corrected chi connectivity index (χ3v) is 11.5. The number of ether oxygens (including phenoxy) is 5. The number of amides is 6. The quantitative estimate of drug-likeness (QED) is 0.0850. The lowest BCUT2D eigenvalue weighted by molar-refractivity contribution is -0.331. The van der Waals surface area contributed by atoms with Crippen molar-refractivity contribution in [1.29, 1.82) is 0 Å². The molecule has 0 saturated carbocycles. The maximum absolute atomic E-state index is 14.1. The summed E-state index contributed by atoms with van der Waals surface area (Å²) in [6, 6.07) is -3.66. The van der Waals surface area contributed by atoms with Crippen LogP contribution in [0.15, 0.2) is 0 Å². The fourth-order valence-corrected chi connectivity index (χ4v) is 6.96. The molecule has 4 bridgehead atoms. The van der Waals surface area contributed by atoms with Crippen LogP contribution >= 0.6 is 43.5 Å². The molecule has 30 heteroatoms. The monoisotopic (exact) mass is 1100 g/mol. The number of primary amides is 2. The number of halogens is 9. The summed E-state index contributed by atoms with van der Waals surface area (Å²) in [6.45, 7) is 3.46. The SMILES string of the molecule is NC(=O)[C@@H]1CC[C@@H]2CN1C(=O)N2O.NC(=O)[C@@H]1CC[C@@H]2CN1C(=O)N2OC(F)(F)C(=O)OC1CCOCC1.O=C(Cl)C(F)(F)Br.O=C(OC1CCOCC1)C(F)(F)Br.OC1CCOCC1. The lowest BCUT2D eigenvalue weighted by atomic mass is 10.0. The minimum Gasteiger partial charge on any atom is -0.457 e. The zero-order chi connectivity index (χ0) is 48.9. The summed E-state index contributed by atoms with van der Waals surface area (Å²) >= 11 is 7.98. The van der Waals surface area contributed by atoms with Crippen LogP contribution in [0.3, 0.4) is 0 Å². The Morgan fingerprint density at radius 1 is 0.631 bits per heavy atom. The van der Waals surface area contributed by atoms with Crippen LogP contribution in [0.5, 0.6) is 0 Å². The van der Waals surface area contributed by atoms with Crippen molar-refractivity contribution in [3.8, 4) is 0 Å². The number of nitrogens with zero attached hydrogens (tertiary/aromatic N) is 4. The molecule has 21 nitrogen and oxygen atoms in total. The molecule has 0 spiro atoms. The van der Waals surface area contributed by atoms with Gasteiger partial charge in [0, 0.05) is 83.8 Å². The zero-order valence-electron chi connectivity index (χ0n) is 34.3. The van der Waals surface area contributed by atoms with Crippen molar-refractivity contribution in [2.45, 2.75) is 122 Å². The van der Waals surface area contributed by atoms with Gasteiger partial charge in [-0.2, -0.15) is 36.2 Å². The van der Waals surface area contributed by atoms with E-state index < -0.39 is 87.2 Å². The van der Waals surface area contributed by atoms with Crippen LogP contribution in [0.1, 0.15) is 64.2 Å². The molecule has 0 radical (unpaired) electrons. The molecular formula is C35H49Br2ClF6N6O15. The highest BCUT2D eigenvalue weighted by atomic mass is 79.9. The van der Waals surface area contributed by atoms with Crippen molar-refractivity contribution in [2.75, 3.05) is 52.7 Å². The van der Waals surface area contributed by atoms with Crippen molar-refractivity contribution in [3.05, 3.63) is 0 Å². The van der Waals surface area contributed by atoms with Gasteiger partial charge in [0.05, 0.1) is 44.6 Å². The Balaban J connectivity index is 0.000000238. The molecule has 7 rings (SSSR count). The molecule has 6 N–H and O–H groups in total. The summed E-state index contributed by atoms with van der Waals surface area (Å²) < 4.78 is 99.6. The van der Waals surface area contributed by atoms with E-state index in [-0.39, 0.29) is 31.5 Å². The summed E-state index contributed by atoms with van der Waals surface area (Å²) in [7, 11) is 0. The number of urea groups is 2. The molecule has 65 heavy (non-hydrogen) atoms. The Bertz CT molecular complexity index is 1660. The highest BCUT2D eigenvalue weighted by Gasteiger charge is 2.54. The summed E-state index contributed by atoms with van der Waals surface area (Å²) in [5, 5.41) is 17.5. The second-order valence-electron chi connectivity index (χ2n) is 15.0. The second-order valence-corrected chi connectivity index (χ2v) is 17.3. The number of nitrogens with two attached hydrogens (primary N) is 2. The Hall–Kier alpha value is -3.32. The van der Waals surface area contributed by atoms with E-state index in [2.05, 4.69) is 21.2 Å². The van der Waals surface area contributed by atoms with E-state index >= 15 is 0 Å². The summed E-state index contributed by atoms with van der Waals surface area (Å²) in [6.07, 6.45) is -0.578. The first-order valence-corrected chi connectivity index (χ1v) is 21.9. The first kappa shape index (κ1) is 56.0. The molecule has 0 aliphatic carbocycles. The van der Waals surface area contributed by atoms with Gasteiger partial charge in [-0.05, 0) is 50.1 Å². The van der Waals surface area contributed by atoms with E-state index in [1.807, 2.05) is 15.9 Å². The largest absolute Gasteiger partial charge is 0.477 e. The Morgan fingerprint density at radius 2 is 1.02 bits per heavy atom. The highest BCUT2D eigenvalue weighted by Crippen LogP contribution is 2.34. The molecular weight excluding hydrogens is 1050 g/mol. The minimum absolute atomic E-state index is 0.0392. The number of piperidine rings is 2. The number of esters is 2. The summed E-state index contributed by atoms with van der Waals surface area (Å²) in [5.41, 5.74) is 10.3. The van der Waals surface area contributed by atoms with Gasteiger partial charge in [0.2, 0.25) is 11.8 Å². The normalized spacial score (nSPS) is 25.0. The number of aliphatic hydroxyl groups is 1. The van der Waals surface area contributed by atoms with Crippen LogP contribution in [-0.2, 0) is 52.5 Å². The first-order chi connectivity index (χ1) is 30.2. The molecule has 0 aromatic rings. The number of hydroxylamine groups is 4. The fraction of sp³-hybridized carbons (Fsp3) is 0.800. The van der Waals surface area contributed by atoms with E-state index in [1.165, 1.54) is 4.90 Å². The summed E-state index contributed by atoms with van der Waals surface area (Å²) in [4.78, 5) is 77.3. The van der Waals surface area contributed by atoms with E-state index in [4.69, 9.17) is 35.5 Å². The van der Waals surface area contributed by atoms with Gasteiger partial charge in [-0.15, -0.1) is 0 Å². The number of aliphatic hydroxyl groups excluding tert-OH is 1. The second kappa shape index (κ2) is 25.2. The molecule has 7 saturated heterocycles. The Kier molecular flexibility index (Phi) is 21.7. The molecule has 7 heterocycles. The van der Waals surface area contributed by atoms with E-state index in [0.717, 1.165) is 31.0 Å². The number of alkyl halides is 8. The fourth-order valence-electron chi connectivity index (χ4n) is 6.86. The van der Waals surface area contributed by atoms with Gasteiger partial charge in [0.25, 0.3) is 0 Å². The maximum Gasteiger partial charge on any atom is 0.477 e. The molecule has 7 aliphatic rings. The molecule has 0 unspecified atom stereocenters. The van der Waals surface area contributed by atoms with Gasteiger partial charge in [-0.3, -0.25) is 19.6 Å². The maximum atomic E-state index is 14.1. The van der Waals surface area contributed by atoms with Crippen LogP contribution in [0.4, 0.5) is 35.9 Å². The van der Waals surface area contributed by atoms with Crippen LogP contribution in [0.2, 0.25) is 0 Å². The standard InChI is InChI=1S/C14H19F2N3O6.C7H9BrF2O3.C7H11N3O3.C5H10O2.C2BrClF2O/c15-14(16,12(21)24-9-3-5-23-6-4-9)25-19-8-1-2-10(11(17)20)18(7-8)13(19)22;8-7(9,10)6(11)13-5-1-3-12-4-2-5;8-6(11)5-2-1-4-3-9(5)7(12)10(4)13;6-5-1-3-7-4-2-5;3-2(5,6)1(4)7/h8-10H,1-7H2,(H2,17,20);5H,1-4H2;4-5,13H,1-3H2,(H2,8,11);5-6H,1-4H2;/t8-,10+;;4-,5+;;/m1.1../s1. The average Bonchev–Trinajstić information content (AvgIpc) is 3.60. The Labute approximate surface area is 388 Å². The highest BCUT2D eigenvalue weighted by molar-refractivity contribution is 9.10.